The zero-order chi connectivity index (χ0) is 32.4. The maximum Gasteiger partial charge on any atom is 0.219 e. The van der Waals surface area contributed by atoms with Crippen molar-refractivity contribution in [3.63, 3.8) is 0 Å². The van der Waals surface area contributed by atoms with E-state index in [0.29, 0.717) is 34.5 Å². The molecular weight excluding hydrogens is 594 g/mol. The number of likely N-dealkylation sites (tertiary alicyclic amines) is 1. The van der Waals surface area contributed by atoms with Gasteiger partial charge in [-0.2, -0.15) is 15.3 Å². The molecule has 2 N–H and O–H groups in total. The minimum absolute atomic E-state index is 0.0750. The average Bonchev–Trinajstić information content (AvgIpc) is 3.86. The molecule has 1 saturated heterocycles. The van der Waals surface area contributed by atoms with E-state index in [2.05, 4.69) is 54.3 Å². The maximum atomic E-state index is 10.1. The monoisotopic (exact) mass is 635 g/mol. The van der Waals surface area contributed by atoms with Crippen molar-refractivity contribution >= 4 is 5.69 Å². The van der Waals surface area contributed by atoms with Gasteiger partial charge >= 0.3 is 0 Å². The minimum atomic E-state index is -0.449. The van der Waals surface area contributed by atoms with Crippen LogP contribution in [0.25, 0.3) is 17.3 Å². The molecule has 5 heterocycles. The van der Waals surface area contributed by atoms with Crippen LogP contribution in [0.2, 0.25) is 0 Å². The van der Waals surface area contributed by atoms with Gasteiger partial charge in [0.05, 0.1) is 28.8 Å². The van der Waals surface area contributed by atoms with E-state index in [1.165, 1.54) is 5.56 Å². The van der Waals surface area contributed by atoms with E-state index in [-0.39, 0.29) is 18.2 Å². The number of anilines is 1. The van der Waals surface area contributed by atoms with Gasteiger partial charge in [-0.25, -0.2) is 9.67 Å². The van der Waals surface area contributed by atoms with Crippen molar-refractivity contribution in [1.82, 2.24) is 34.7 Å². The Labute approximate surface area is 274 Å². The lowest BCUT2D eigenvalue weighted by molar-refractivity contribution is 0.0174. The van der Waals surface area contributed by atoms with Gasteiger partial charge in [0.15, 0.2) is 23.1 Å². The second-order valence-corrected chi connectivity index (χ2v) is 13.7. The van der Waals surface area contributed by atoms with Crippen LogP contribution in [0.4, 0.5) is 5.69 Å². The molecular formula is C35H41N9O3. The highest BCUT2D eigenvalue weighted by molar-refractivity contribution is 5.68. The number of fused-ring (bicyclic) bond motifs is 5. The van der Waals surface area contributed by atoms with Gasteiger partial charge in [0, 0.05) is 62.2 Å². The largest absolute Gasteiger partial charge is 0.473 e. The van der Waals surface area contributed by atoms with Crippen molar-refractivity contribution in [2.75, 3.05) is 40.0 Å². The fraction of sp³-hybridized carbons (Fsp3) is 0.514. The number of hydrogen-bond acceptors (Lipinski definition) is 11. The van der Waals surface area contributed by atoms with Gasteiger partial charge in [-0.3, -0.25) is 4.90 Å². The molecule has 0 radical (unpaired) electrons. The summed E-state index contributed by atoms with van der Waals surface area (Å²) in [6.45, 7) is 4.82. The Hall–Kier alpha value is -4.31. The first-order valence-corrected chi connectivity index (χ1v) is 16.7. The smallest absolute Gasteiger partial charge is 0.219 e. The van der Waals surface area contributed by atoms with Gasteiger partial charge in [0.2, 0.25) is 5.88 Å². The summed E-state index contributed by atoms with van der Waals surface area (Å²) in [5, 5.41) is 19.7. The molecule has 1 aromatic carbocycles. The summed E-state index contributed by atoms with van der Waals surface area (Å²) in [5.74, 6) is 2.31. The lowest BCUT2D eigenvalue weighted by atomic mass is 9.68. The number of methoxy groups -OCH3 is 1. The minimum Gasteiger partial charge on any atom is -0.473 e. The molecule has 0 unspecified atom stereocenters. The molecule has 1 fully saturated rings. The number of rotatable bonds is 6. The van der Waals surface area contributed by atoms with E-state index in [9.17, 15) is 5.26 Å². The summed E-state index contributed by atoms with van der Waals surface area (Å²) in [7, 11) is 6.00. The topological polar surface area (TPSA) is 144 Å². The third-order valence-corrected chi connectivity index (χ3v) is 10.9. The van der Waals surface area contributed by atoms with Crippen LogP contribution in [0.1, 0.15) is 71.9 Å². The van der Waals surface area contributed by atoms with E-state index >= 15 is 0 Å². The highest BCUT2D eigenvalue weighted by Gasteiger charge is 2.49. The number of hydrogen-bond donors (Lipinski definition) is 1. The zero-order valence-corrected chi connectivity index (χ0v) is 27.5. The maximum absolute atomic E-state index is 10.1. The summed E-state index contributed by atoms with van der Waals surface area (Å²) >= 11 is 0. The molecule has 2 aliphatic carbocycles. The third-order valence-electron chi connectivity index (χ3n) is 10.9. The van der Waals surface area contributed by atoms with Crippen molar-refractivity contribution in [3.8, 4) is 29.3 Å². The highest BCUT2D eigenvalue weighted by atomic mass is 16.5. The van der Waals surface area contributed by atoms with Crippen molar-refractivity contribution < 1.29 is 14.0 Å². The summed E-state index contributed by atoms with van der Waals surface area (Å²) in [4.78, 5) is 14.6. The van der Waals surface area contributed by atoms with Crippen molar-refractivity contribution in [2.45, 2.75) is 82.1 Å². The van der Waals surface area contributed by atoms with Gasteiger partial charge in [0.25, 0.3) is 0 Å². The lowest BCUT2D eigenvalue weighted by Crippen LogP contribution is -2.44. The van der Waals surface area contributed by atoms with E-state index in [0.717, 1.165) is 92.7 Å². The van der Waals surface area contributed by atoms with Crippen molar-refractivity contribution in [2.24, 2.45) is 0 Å². The lowest BCUT2D eigenvalue weighted by Gasteiger charge is -2.33. The summed E-state index contributed by atoms with van der Waals surface area (Å²) in [6.07, 6.45) is 8.06. The van der Waals surface area contributed by atoms with Gasteiger partial charge in [-0.1, -0.05) is 11.2 Å². The normalized spacial score (nSPS) is 24.6. The predicted molar refractivity (Wildman–Crippen MR) is 174 cm³/mol. The van der Waals surface area contributed by atoms with E-state index in [1.54, 1.807) is 7.11 Å². The molecule has 47 heavy (non-hydrogen) atoms. The van der Waals surface area contributed by atoms with Gasteiger partial charge < -0.3 is 24.6 Å². The van der Waals surface area contributed by atoms with Crippen LogP contribution in [-0.4, -0.2) is 87.2 Å². The Balaban J connectivity index is 1.23. The van der Waals surface area contributed by atoms with Crippen LogP contribution >= 0.6 is 0 Å². The Morgan fingerprint density at radius 2 is 2.00 bits per heavy atom. The Kier molecular flexibility index (Phi) is 7.31. The second-order valence-electron chi connectivity index (χ2n) is 13.7. The van der Waals surface area contributed by atoms with Crippen LogP contribution in [-0.2, 0) is 36.0 Å². The molecule has 0 amide bonds. The average molecular weight is 636 g/mol. The number of nitriles is 1. The summed E-state index contributed by atoms with van der Waals surface area (Å²) in [6, 6.07) is 8.24. The van der Waals surface area contributed by atoms with Crippen LogP contribution < -0.4 is 10.5 Å². The molecule has 0 bridgehead atoms. The molecule has 4 aliphatic rings. The van der Waals surface area contributed by atoms with Gasteiger partial charge in [-0.05, 0) is 76.7 Å². The standard InChI is InChI=1S/C35H41N9O3/c1-20(32-27(45-4)11-15-43(32)3)46-29-16-28(44-19-22-18-42(2)14-10-26(22)40-44)38-34(39-29)31-23-6-5-12-35(33(23)47-41-31)13-9-21-7-8-25(37)24(17-36)30(21)35/h7-8,16,19-20,27,32H,5-6,9-15,18,37H2,1-4H3/t20-,27-,32+,35-/m0/s1. The van der Waals surface area contributed by atoms with E-state index in [1.807, 2.05) is 16.8 Å². The van der Waals surface area contributed by atoms with Crippen LogP contribution in [0.3, 0.4) is 0 Å². The molecule has 1 spiro atoms. The summed E-state index contributed by atoms with van der Waals surface area (Å²) in [5.41, 5.74) is 13.0. The summed E-state index contributed by atoms with van der Waals surface area (Å²) < 4.78 is 20.6. The number of aryl methyl sites for hydroxylation is 1. The SMILES string of the molecule is CO[C@H]1CCN(C)[C@@H]1[C@H](C)Oc1cc(-n2cc3c(n2)CCN(C)C3)nc(-c2noc3c2CCC[C@@]32CCc3ccc(N)c(C#N)c32)n1. The Bertz CT molecular complexity index is 1890. The van der Waals surface area contributed by atoms with E-state index < -0.39 is 5.41 Å². The van der Waals surface area contributed by atoms with Crippen molar-refractivity contribution in [1.29, 1.82) is 5.26 Å². The molecule has 8 rings (SSSR count). The zero-order valence-electron chi connectivity index (χ0n) is 27.5. The molecule has 0 saturated carbocycles. The molecule has 3 aromatic heterocycles. The number of benzene rings is 1. The first-order chi connectivity index (χ1) is 22.8. The first-order valence-electron chi connectivity index (χ1n) is 16.7. The van der Waals surface area contributed by atoms with Crippen LogP contribution in [0.5, 0.6) is 5.88 Å². The highest BCUT2D eigenvalue weighted by Crippen LogP contribution is 2.54. The predicted octanol–water partition coefficient (Wildman–Crippen LogP) is 3.81. The third kappa shape index (κ3) is 4.82. The first kappa shape index (κ1) is 30.1. The fourth-order valence-corrected chi connectivity index (χ4v) is 8.64. The van der Waals surface area contributed by atoms with Gasteiger partial charge in [-0.15, -0.1) is 0 Å². The molecule has 2 aliphatic heterocycles. The van der Waals surface area contributed by atoms with Crippen LogP contribution in [0.15, 0.2) is 28.9 Å². The number of nitrogens with zero attached hydrogens (tertiary/aromatic N) is 8. The van der Waals surface area contributed by atoms with E-state index in [4.69, 9.17) is 34.8 Å². The molecule has 12 heteroatoms. The number of likely N-dealkylation sites (N-methyl/N-ethyl adjacent to an activating group) is 2. The number of nitrogen functional groups attached to an aromatic ring is 1. The second kappa shape index (κ2) is 11.4. The van der Waals surface area contributed by atoms with Crippen LogP contribution in [0, 0.1) is 11.3 Å². The molecule has 12 nitrogen and oxygen atoms in total. The molecule has 4 atom stereocenters. The fourth-order valence-electron chi connectivity index (χ4n) is 8.64. The number of aromatic nitrogens is 5. The quantitative estimate of drug-likeness (QED) is 0.309. The Morgan fingerprint density at radius 1 is 1.13 bits per heavy atom. The number of ether oxygens (including phenoxy) is 2. The van der Waals surface area contributed by atoms with Crippen molar-refractivity contribution in [3.05, 3.63) is 63.7 Å². The molecule has 244 valence electrons. The van der Waals surface area contributed by atoms with Gasteiger partial charge in [0.1, 0.15) is 12.2 Å². The molecule has 4 aromatic rings. The number of nitrogens with two attached hydrogens (primary N) is 1. The Morgan fingerprint density at radius 3 is 2.83 bits per heavy atom.